The Labute approximate surface area is 157 Å². The third-order valence-corrected chi connectivity index (χ3v) is 4.85. The maximum Gasteiger partial charge on any atom is 0.173 e. The SMILES string of the molecule is CCCCCCCCCC(C(=O)c1ccccc1)C(=O)c1ccccc1. The van der Waals surface area contributed by atoms with Crippen molar-refractivity contribution in [2.45, 2.75) is 58.3 Å². The van der Waals surface area contributed by atoms with Gasteiger partial charge in [0, 0.05) is 11.1 Å². The van der Waals surface area contributed by atoms with Crippen LogP contribution in [0.5, 0.6) is 0 Å². The second kappa shape index (κ2) is 11.4. The average molecular weight is 351 g/mol. The highest BCUT2D eigenvalue weighted by Gasteiger charge is 2.27. The lowest BCUT2D eigenvalue weighted by Crippen LogP contribution is -2.24. The van der Waals surface area contributed by atoms with E-state index in [0.29, 0.717) is 17.5 Å². The molecule has 2 aromatic carbocycles. The number of hydrogen-bond donors (Lipinski definition) is 0. The topological polar surface area (TPSA) is 34.1 Å². The van der Waals surface area contributed by atoms with Gasteiger partial charge in [-0.2, -0.15) is 0 Å². The molecule has 0 heterocycles. The van der Waals surface area contributed by atoms with Crippen molar-refractivity contribution in [1.29, 1.82) is 0 Å². The van der Waals surface area contributed by atoms with Crippen LogP contribution in [-0.2, 0) is 0 Å². The van der Waals surface area contributed by atoms with Gasteiger partial charge in [0.1, 0.15) is 0 Å². The van der Waals surface area contributed by atoms with Crippen LogP contribution in [0.4, 0.5) is 0 Å². The van der Waals surface area contributed by atoms with E-state index >= 15 is 0 Å². The third kappa shape index (κ3) is 6.25. The van der Waals surface area contributed by atoms with Crippen molar-refractivity contribution in [3.8, 4) is 0 Å². The molecule has 0 aliphatic heterocycles. The van der Waals surface area contributed by atoms with E-state index in [9.17, 15) is 9.59 Å². The first-order chi connectivity index (χ1) is 12.7. The molecular formula is C24H30O2. The van der Waals surface area contributed by atoms with Crippen LogP contribution in [0.3, 0.4) is 0 Å². The van der Waals surface area contributed by atoms with Gasteiger partial charge in [-0.15, -0.1) is 0 Å². The van der Waals surface area contributed by atoms with Crippen LogP contribution in [0.1, 0.15) is 79.0 Å². The minimum Gasteiger partial charge on any atom is -0.293 e. The molecule has 0 N–H and O–H groups in total. The Kier molecular flexibility index (Phi) is 8.82. The van der Waals surface area contributed by atoms with Gasteiger partial charge in [0.2, 0.25) is 0 Å². The number of benzene rings is 2. The van der Waals surface area contributed by atoms with Crippen LogP contribution in [0.15, 0.2) is 60.7 Å². The maximum atomic E-state index is 12.9. The number of ketones is 2. The molecule has 0 unspecified atom stereocenters. The van der Waals surface area contributed by atoms with Gasteiger partial charge in [0.15, 0.2) is 11.6 Å². The molecule has 0 aliphatic rings. The van der Waals surface area contributed by atoms with Gasteiger partial charge in [0.05, 0.1) is 5.92 Å². The Hall–Kier alpha value is -2.22. The summed E-state index contributed by atoms with van der Waals surface area (Å²) in [5.74, 6) is -0.675. The first kappa shape index (κ1) is 20.1. The quantitative estimate of drug-likeness (QED) is 0.248. The van der Waals surface area contributed by atoms with E-state index in [4.69, 9.17) is 0 Å². The smallest absolute Gasteiger partial charge is 0.173 e. The lowest BCUT2D eigenvalue weighted by Gasteiger charge is -2.15. The molecule has 2 heteroatoms. The molecular weight excluding hydrogens is 320 g/mol. The number of unbranched alkanes of at least 4 members (excludes halogenated alkanes) is 6. The second-order valence-corrected chi connectivity index (χ2v) is 6.92. The van der Waals surface area contributed by atoms with Crippen molar-refractivity contribution >= 4 is 11.6 Å². The number of hydrogen-bond acceptors (Lipinski definition) is 2. The van der Waals surface area contributed by atoms with Crippen molar-refractivity contribution < 1.29 is 9.59 Å². The number of Topliss-reactive ketones (excluding diaryl/α,β-unsaturated/α-hetero) is 2. The average Bonchev–Trinajstić information content (AvgIpc) is 2.70. The molecule has 2 rings (SSSR count). The lowest BCUT2D eigenvalue weighted by atomic mass is 9.86. The Morgan fingerprint density at radius 1 is 0.654 bits per heavy atom. The summed E-state index contributed by atoms with van der Waals surface area (Å²) in [6.07, 6.45) is 8.91. The highest BCUT2D eigenvalue weighted by molar-refractivity contribution is 6.16. The summed E-state index contributed by atoms with van der Waals surface area (Å²) in [6.45, 7) is 2.22. The van der Waals surface area contributed by atoms with Crippen LogP contribution in [0.2, 0.25) is 0 Å². The first-order valence-electron chi connectivity index (χ1n) is 9.92. The molecule has 0 aliphatic carbocycles. The summed E-state index contributed by atoms with van der Waals surface area (Å²) < 4.78 is 0. The van der Waals surface area contributed by atoms with Crippen molar-refractivity contribution in [3.63, 3.8) is 0 Å². The summed E-state index contributed by atoms with van der Waals surface area (Å²) in [7, 11) is 0. The molecule has 0 atom stereocenters. The summed E-state index contributed by atoms with van der Waals surface area (Å²) in [5, 5.41) is 0. The molecule has 0 saturated heterocycles. The van der Waals surface area contributed by atoms with E-state index < -0.39 is 5.92 Å². The molecule has 2 aromatic rings. The van der Waals surface area contributed by atoms with E-state index in [0.717, 1.165) is 12.8 Å². The Morgan fingerprint density at radius 2 is 1.08 bits per heavy atom. The number of carbonyl (C=O) groups is 2. The van der Waals surface area contributed by atoms with Gasteiger partial charge in [0.25, 0.3) is 0 Å². The predicted molar refractivity (Wildman–Crippen MR) is 108 cm³/mol. The Balaban J connectivity index is 2.00. The monoisotopic (exact) mass is 350 g/mol. The fourth-order valence-corrected chi connectivity index (χ4v) is 3.29. The minimum absolute atomic E-state index is 0.0505. The molecule has 138 valence electrons. The largest absolute Gasteiger partial charge is 0.293 e. The van der Waals surface area contributed by atoms with Crippen LogP contribution >= 0.6 is 0 Å². The highest BCUT2D eigenvalue weighted by Crippen LogP contribution is 2.22. The zero-order valence-corrected chi connectivity index (χ0v) is 15.8. The molecule has 26 heavy (non-hydrogen) atoms. The van der Waals surface area contributed by atoms with E-state index in [2.05, 4.69) is 6.92 Å². The molecule has 0 amide bonds. The highest BCUT2D eigenvalue weighted by atomic mass is 16.2. The van der Waals surface area contributed by atoms with Gasteiger partial charge in [-0.25, -0.2) is 0 Å². The summed E-state index contributed by atoms with van der Waals surface area (Å²) in [5.41, 5.74) is 1.26. The predicted octanol–water partition coefficient (Wildman–Crippen LogP) is 6.51. The van der Waals surface area contributed by atoms with Gasteiger partial charge < -0.3 is 0 Å². The van der Waals surface area contributed by atoms with Crippen molar-refractivity contribution in [2.24, 2.45) is 5.92 Å². The van der Waals surface area contributed by atoms with E-state index in [1.165, 1.54) is 32.1 Å². The molecule has 0 saturated carbocycles. The fraction of sp³-hybridized carbons (Fsp3) is 0.417. The fourth-order valence-electron chi connectivity index (χ4n) is 3.29. The molecule has 2 nitrogen and oxygen atoms in total. The number of carbonyl (C=O) groups excluding carboxylic acids is 2. The summed E-state index contributed by atoms with van der Waals surface area (Å²) in [6, 6.07) is 18.4. The van der Waals surface area contributed by atoms with E-state index in [1.807, 2.05) is 36.4 Å². The van der Waals surface area contributed by atoms with Crippen molar-refractivity contribution in [2.75, 3.05) is 0 Å². The van der Waals surface area contributed by atoms with Crippen LogP contribution in [-0.4, -0.2) is 11.6 Å². The maximum absolute atomic E-state index is 12.9. The second-order valence-electron chi connectivity index (χ2n) is 6.92. The molecule has 0 fully saturated rings. The molecule has 0 bridgehead atoms. The van der Waals surface area contributed by atoms with Gasteiger partial charge in [-0.05, 0) is 6.42 Å². The molecule has 0 radical (unpaired) electrons. The first-order valence-corrected chi connectivity index (χ1v) is 9.92. The van der Waals surface area contributed by atoms with Crippen LogP contribution in [0.25, 0.3) is 0 Å². The van der Waals surface area contributed by atoms with Gasteiger partial charge >= 0.3 is 0 Å². The lowest BCUT2D eigenvalue weighted by molar-refractivity contribution is 0.0797. The third-order valence-electron chi connectivity index (χ3n) is 4.85. The van der Waals surface area contributed by atoms with Gasteiger partial charge in [-0.1, -0.05) is 113 Å². The zero-order valence-electron chi connectivity index (χ0n) is 15.8. The Bertz CT molecular complexity index is 610. The zero-order chi connectivity index (χ0) is 18.6. The van der Waals surface area contributed by atoms with Crippen LogP contribution in [0, 0.1) is 5.92 Å². The van der Waals surface area contributed by atoms with Crippen LogP contribution < -0.4 is 0 Å². The standard InChI is InChI=1S/C24H30O2/c1-2-3-4-5-6-7-14-19-22(23(25)20-15-10-8-11-16-20)24(26)21-17-12-9-13-18-21/h8-13,15-18,22H,2-7,14,19H2,1H3. The van der Waals surface area contributed by atoms with E-state index in [-0.39, 0.29) is 11.6 Å². The van der Waals surface area contributed by atoms with Crippen molar-refractivity contribution in [1.82, 2.24) is 0 Å². The summed E-state index contributed by atoms with van der Waals surface area (Å²) in [4.78, 5) is 25.9. The minimum atomic E-state index is -0.574. The summed E-state index contributed by atoms with van der Waals surface area (Å²) >= 11 is 0. The van der Waals surface area contributed by atoms with E-state index in [1.54, 1.807) is 24.3 Å². The van der Waals surface area contributed by atoms with Crippen molar-refractivity contribution in [3.05, 3.63) is 71.8 Å². The van der Waals surface area contributed by atoms with Gasteiger partial charge in [-0.3, -0.25) is 9.59 Å². The molecule has 0 aromatic heterocycles. The number of rotatable bonds is 12. The Morgan fingerprint density at radius 3 is 1.54 bits per heavy atom. The normalized spacial score (nSPS) is 10.8. The molecule has 0 spiro atoms.